The molecule has 0 radical (unpaired) electrons. The van der Waals surface area contributed by atoms with Crippen molar-refractivity contribution >= 4 is 11.9 Å². The Bertz CT molecular complexity index is 281. The first kappa shape index (κ1) is 14.0. The standard InChI is InChI=1S/C12H22N2O3/c1-8(4-3-5-11(15)16)14-12(17)10-6-7-13-9(10)2/h8-10,13H,3-7H2,1-2H3,(H,14,17)(H,15,16). The summed E-state index contributed by atoms with van der Waals surface area (Å²) in [6.07, 6.45) is 2.37. The highest BCUT2D eigenvalue weighted by atomic mass is 16.4. The zero-order chi connectivity index (χ0) is 12.8. The molecule has 0 aromatic heterocycles. The second-order valence-electron chi connectivity index (χ2n) is 4.83. The van der Waals surface area contributed by atoms with E-state index in [4.69, 9.17) is 5.11 Å². The van der Waals surface area contributed by atoms with Gasteiger partial charge in [0.25, 0.3) is 0 Å². The van der Waals surface area contributed by atoms with Crippen LogP contribution in [0.15, 0.2) is 0 Å². The number of carboxylic acid groups (broad SMARTS) is 1. The molecule has 0 bridgehead atoms. The Morgan fingerprint density at radius 3 is 2.76 bits per heavy atom. The van der Waals surface area contributed by atoms with Gasteiger partial charge >= 0.3 is 5.97 Å². The van der Waals surface area contributed by atoms with Crippen LogP contribution in [0.25, 0.3) is 0 Å². The number of rotatable bonds is 6. The van der Waals surface area contributed by atoms with Gasteiger partial charge in [-0.25, -0.2) is 0 Å². The number of carbonyl (C=O) groups excluding carboxylic acids is 1. The molecule has 0 aromatic rings. The van der Waals surface area contributed by atoms with Gasteiger partial charge in [0.15, 0.2) is 0 Å². The molecule has 3 atom stereocenters. The third-order valence-corrected chi connectivity index (χ3v) is 3.28. The van der Waals surface area contributed by atoms with Gasteiger partial charge in [0, 0.05) is 18.5 Å². The highest BCUT2D eigenvalue weighted by Crippen LogP contribution is 2.15. The van der Waals surface area contributed by atoms with Crippen molar-refractivity contribution in [2.45, 2.75) is 51.6 Å². The molecule has 1 aliphatic heterocycles. The molecule has 98 valence electrons. The minimum atomic E-state index is -0.780. The lowest BCUT2D eigenvalue weighted by Crippen LogP contribution is -2.41. The number of hydrogen-bond acceptors (Lipinski definition) is 3. The summed E-state index contributed by atoms with van der Waals surface area (Å²) >= 11 is 0. The number of nitrogens with one attached hydrogen (secondary N) is 2. The van der Waals surface area contributed by atoms with Crippen molar-refractivity contribution in [3.8, 4) is 0 Å². The van der Waals surface area contributed by atoms with E-state index in [0.29, 0.717) is 12.8 Å². The lowest BCUT2D eigenvalue weighted by molar-refractivity contribution is -0.137. The third kappa shape index (κ3) is 4.73. The Morgan fingerprint density at radius 1 is 1.53 bits per heavy atom. The van der Waals surface area contributed by atoms with Gasteiger partial charge in [-0.1, -0.05) is 0 Å². The largest absolute Gasteiger partial charge is 0.481 e. The molecular weight excluding hydrogens is 220 g/mol. The molecule has 0 aromatic carbocycles. The van der Waals surface area contributed by atoms with Gasteiger partial charge in [0.1, 0.15) is 0 Å². The maximum atomic E-state index is 11.9. The summed E-state index contributed by atoms with van der Waals surface area (Å²) in [7, 11) is 0. The summed E-state index contributed by atoms with van der Waals surface area (Å²) in [6.45, 7) is 4.84. The van der Waals surface area contributed by atoms with Crippen LogP contribution in [-0.2, 0) is 9.59 Å². The Balaban J connectivity index is 2.23. The van der Waals surface area contributed by atoms with E-state index >= 15 is 0 Å². The SMILES string of the molecule is CC(CCCC(=O)O)NC(=O)C1CCNC1C. The Hall–Kier alpha value is -1.10. The molecule has 5 nitrogen and oxygen atoms in total. The minimum Gasteiger partial charge on any atom is -0.481 e. The molecule has 3 N–H and O–H groups in total. The molecule has 0 aliphatic carbocycles. The minimum absolute atomic E-state index is 0.0506. The zero-order valence-corrected chi connectivity index (χ0v) is 10.5. The number of carbonyl (C=O) groups is 2. The van der Waals surface area contributed by atoms with Gasteiger partial charge in [-0.3, -0.25) is 9.59 Å². The smallest absolute Gasteiger partial charge is 0.303 e. The van der Waals surface area contributed by atoms with E-state index in [2.05, 4.69) is 10.6 Å². The van der Waals surface area contributed by atoms with E-state index in [1.54, 1.807) is 0 Å². The van der Waals surface area contributed by atoms with Crippen molar-refractivity contribution in [2.24, 2.45) is 5.92 Å². The second-order valence-corrected chi connectivity index (χ2v) is 4.83. The van der Waals surface area contributed by atoms with Crippen molar-refractivity contribution in [1.29, 1.82) is 0 Å². The van der Waals surface area contributed by atoms with Crippen molar-refractivity contribution in [1.82, 2.24) is 10.6 Å². The fraction of sp³-hybridized carbons (Fsp3) is 0.833. The number of hydrogen-bond donors (Lipinski definition) is 3. The monoisotopic (exact) mass is 242 g/mol. The molecule has 0 spiro atoms. The highest BCUT2D eigenvalue weighted by molar-refractivity contribution is 5.80. The lowest BCUT2D eigenvalue weighted by Gasteiger charge is -2.19. The summed E-state index contributed by atoms with van der Waals surface area (Å²) in [5, 5.41) is 14.7. The topological polar surface area (TPSA) is 78.4 Å². The van der Waals surface area contributed by atoms with E-state index in [9.17, 15) is 9.59 Å². The molecule has 5 heteroatoms. The summed E-state index contributed by atoms with van der Waals surface area (Å²) in [5.41, 5.74) is 0. The molecule has 3 unspecified atom stereocenters. The first-order valence-corrected chi connectivity index (χ1v) is 6.26. The molecular formula is C12H22N2O3. The molecule has 1 saturated heterocycles. The molecule has 1 heterocycles. The third-order valence-electron chi connectivity index (χ3n) is 3.28. The van der Waals surface area contributed by atoms with Gasteiger partial charge in [-0.05, 0) is 39.7 Å². The van der Waals surface area contributed by atoms with Gasteiger partial charge in [0.2, 0.25) is 5.91 Å². The molecule has 1 rings (SSSR count). The summed E-state index contributed by atoms with van der Waals surface area (Å²) < 4.78 is 0. The molecule has 1 amide bonds. The normalized spacial score (nSPS) is 25.5. The van der Waals surface area contributed by atoms with Crippen LogP contribution in [0, 0.1) is 5.92 Å². The van der Waals surface area contributed by atoms with Crippen LogP contribution in [0.4, 0.5) is 0 Å². The fourth-order valence-electron chi connectivity index (χ4n) is 2.20. The molecule has 1 fully saturated rings. The van der Waals surface area contributed by atoms with Crippen LogP contribution in [0.5, 0.6) is 0 Å². The van der Waals surface area contributed by atoms with Gasteiger partial charge in [-0.15, -0.1) is 0 Å². The predicted molar refractivity (Wildman–Crippen MR) is 64.7 cm³/mol. The number of amides is 1. The first-order valence-electron chi connectivity index (χ1n) is 6.26. The van der Waals surface area contributed by atoms with Crippen LogP contribution in [0.1, 0.15) is 39.5 Å². The Morgan fingerprint density at radius 2 is 2.24 bits per heavy atom. The molecule has 17 heavy (non-hydrogen) atoms. The van der Waals surface area contributed by atoms with Crippen molar-refractivity contribution in [3.05, 3.63) is 0 Å². The van der Waals surface area contributed by atoms with E-state index < -0.39 is 5.97 Å². The van der Waals surface area contributed by atoms with Crippen LogP contribution >= 0.6 is 0 Å². The van der Waals surface area contributed by atoms with Crippen LogP contribution in [0.3, 0.4) is 0 Å². The van der Waals surface area contributed by atoms with Gasteiger partial charge in [-0.2, -0.15) is 0 Å². The van der Waals surface area contributed by atoms with Gasteiger partial charge in [0.05, 0.1) is 5.92 Å². The van der Waals surface area contributed by atoms with E-state index in [1.165, 1.54) is 0 Å². The second kappa shape index (κ2) is 6.59. The average molecular weight is 242 g/mol. The van der Waals surface area contributed by atoms with Crippen LogP contribution < -0.4 is 10.6 Å². The summed E-state index contributed by atoms with van der Waals surface area (Å²) in [6, 6.07) is 0.288. The maximum absolute atomic E-state index is 11.9. The van der Waals surface area contributed by atoms with Crippen LogP contribution in [-0.4, -0.2) is 35.6 Å². The van der Waals surface area contributed by atoms with Crippen molar-refractivity contribution in [2.75, 3.05) is 6.54 Å². The Kier molecular flexibility index (Phi) is 5.41. The Labute approximate surface area is 102 Å². The van der Waals surface area contributed by atoms with E-state index in [-0.39, 0.29) is 30.3 Å². The fourth-order valence-corrected chi connectivity index (χ4v) is 2.20. The number of aliphatic carboxylic acids is 1. The van der Waals surface area contributed by atoms with E-state index in [0.717, 1.165) is 13.0 Å². The van der Waals surface area contributed by atoms with Crippen LogP contribution in [0.2, 0.25) is 0 Å². The quantitative estimate of drug-likeness (QED) is 0.642. The predicted octanol–water partition coefficient (Wildman–Crippen LogP) is 0.744. The van der Waals surface area contributed by atoms with Crippen molar-refractivity contribution < 1.29 is 14.7 Å². The zero-order valence-electron chi connectivity index (χ0n) is 10.5. The summed E-state index contributed by atoms with van der Waals surface area (Å²) in [4.78, 5) is 22.3. The van der Waals surface area contributed by atoms with Crippen molar-refractivity contribution in [3.63, 3.8) is 0 Å². The van der Waals surface area contributed by atoms with E-state index in [1.807, 2.05) is 13.8 Å². The maximum Gasteiger partial charge on any atom is 0.303 e. The van der Waals surface area contributed by atoms with Gasteiger partial charge < -0.3 is 15.7 Å². The number of carboxylic acids is 1. The average Bonchev–Trinajstić information content (AvgIpc) is 2.63. The lowest BCUT2D eigenvalue weighted by atomic mass is 10.0. The molecule has 0 saturated carbocycles. The first-order chi connectivity index (χ1) is 8.00. The molecule has 1 aliphatic rings. The highest BCUT2D eigenvalue weighted by Gasteiger charge is 2.29. The summed E-state index contributed by atoms with van der Waals surface area (Å²) in [5.74, 6) is -0.639.